The Morgan fingerprint density at radius 3 is 2.29 bits per heavy atom. The van der Waals surface area contributed by atoms with E-state index < -0.39 is 47.7 Å². The summed E-state index contributed by atoms with van der Waals surface area (Å²) in [4.78, 5) is 35.2. The molecule has 1 N–H and O–H groups in total. The topological polar surface area (TPSA) is 81.7 Å². The standard InChI is InChI=1S/C16H19F2NO5/c1-4-9(2)14(16(22)23-3)19-12(20)8-24-15(21)13-10(17)6-5-7-11(13)18/h5-7,9,14H,4,8H2,1-3H3,(H,19,20)/t9-,14-/m0/s1. The molecule has 0 radical (unpaired) electrons. The highest BCUT2D eigenvalue weighted by Gasteiger charge is 2.27. The SMILES string of the molecule is CC[C@H](C)[C@H](NC(=O)COC(=O)c1c(F)cccc1F)C(=O)OC. The Hall–Kier alpha value is -2.51. The van der Waals surface area contributed by atoms with Gasteiger partial charge in [0.05, 0.1) is 7.11 Å². The molecule has 0 unspecified atom stereocenters. The molecule has 0 saturated heterocycles. The van der Waals surface area contributed by atoms with E-state index >= 15 is 0 Å². The van der Waals surface area contributed by atoms with Crippen LogP contribution in [-0.4, -0.2) is 37.6 Å². The quantitative estimate of drug-likeness (QED) is 0.764. The number of nitrogens with one attached hydrogen (secondary N) is 1. The van der Waals surface area contributed by atoms with Crippen LogP contribution in [0.3, 0.4) is 0 Å². The number of ether oxygens (including phenoxy) is 2. The van der Waals surface area contributed by atoms with Crippen LogP contribution in [-0.2, 0) is 19.1 Å². The molecule has 2 atom stereocenters. The summed E-state index contributed by atoms with van der Waals surface area (Å²) in [6.07, 6.45) is 0.597. The molecular weight excluding hydrogens is 324 g/mol. The lowest BCUT2D eigenvalue weighted by Gasteiger charge is -2.21. The molecule has 24 heavy (non-hydrogen) atoms. The van der Waals surface area contributed by atoms with Crippen LogP contribution in [0.5, 0.6) is 0 Å². The summed E-state index contributed by atoms with van der Waals surface area (Å²) in [6, 6.07) is 1.99. The zero-order chi connectivity index (χ0) is 18.3. The van der Waals surface area contributed by atoms with Crippen LogP contribution in [0.25, 0.3) is 0 Å². The second-order valence-corrected chi connectivity index (χ2v) is 5.13. The van der Waals surface area contributed by atoms with E-state index in [2.05, 4.69) is 14.8 Å². The van der Waals surface area contributed by atoms with E-state index in [1.807, 2.05) is 6.92 Å². The van der Waals surface area contributed by atoms with E-state index in [-0.39, 0.29) is 5.92 Å². The average Bonchev–Trinajstić information content (AvgIpc) is 2.56. The van der Waals surface area contributed by atoms with Crippen LogP contribution in [0, 0.1) is 17.6 Å². The van der Waals surface area contributed by atoms with Crippen molar-refractivity contribution in [2.75, 3.05) is 13.7 Å². The number of rotatable bonds is 7. The van der Waals surface area contributed by atoms with Crippen molar-refractivity contribution in [3.05, 3.63) is 35.4 Å². The smallest absolute Gasteiger partial charge is 0.344 e. The first-order chi connectivity index (χ1) is 11.3. The first-order valence-electron chi connectivity index (χ1n) is 7.30. The fourth-order valence-corrected chi connectivity index (χ4v) is 1.91. The largest absolute Gasteiger partial charge is 0.467 e. The summed E-state index contributed by atoms with van der Waals surface area (Å²) < 4.78 is 36.1. The zero-order valence-electron chi connectivity index (χ0n) is 13.6. The number of esters is 2. The van der Waals surface area contributed by atoms with Crippen molar-refractivity contribution in [1.29, 1.82) is 0 Å². The first kappa shape index (κ1) is 19.5. The molecule has 0 bridgehead atoms. The van der Waals surface area contributed by atoms with Crippen LogP contribution >= 0.6 is 0 Å². The lowest BCUT2D eigenvalue weighted by molar-refractivity contribution is -0.147. The number of halogens is 2. The molecule has 0 spiro atoms. The number of hydrogen-bond donors (Lipinski definition) is 1. The molecule has 0 fully saturated rings. The van der Waals surface area contributed by atoms with Crippen LogP contribution in [0.4, 0.5) is 8.78 Å². The van der Waals surface area contributed by atoms with E-state index in [4.69, 9.17) is 0 Å². The van der Waals surface area contributed by atoms with Crippen LogP contribution in [0.2, 0.25) is 0 Å². The Morgan fingerprint density at radius 2 is 1.79 bits per heavy atom. The van der Waals surface area contributed by atoms with Crippen molar-refractivity contribution >= 4 is 17.8 Å². The highest BCUT2D eigenvalue weighted by Crippen LogP contribution is 2.13. The van der Waals surface area contributed by atoms with Gasteiger partial charge in [0.15, 0.2) is 6.61 Å². The average molecular weight is 343 g/mol. The third-order valence-corrected chi connectivity index (χ3v) is 3.49. The molecule has 1 rings (SSSR count). The molecule has 0 heterocycles. The van der Waals surface area contributed by atoms with E-state index in [0.29, 0.717) is 6.42 Å². The van der Waals surface area contributed by atoms with Gasteiger partial charge in [-0.05, 0) is 18.1 Å². The summed E-state index contributed by atoms with van der Waals surface area (Å²) >= 11 is 0. The Balaban J connectivity index is 2.68. The summed E-state index contributed by atoms with van der Waals surface area (Å²) in [6.45, 7) is 2.78. The number of hydrogen-bond acceptors (Lipinski definition) is 5. The molecule has 0 aromatic heterocycles. The Labute approximate surface area is 138 Å². The van der Waals surface area contributed by atoms with Crippen molar-refractivity contribution < 1.29 is 32.6 Å². The minimum Gasteiger partial charge on any atom is -0.467 e. The third-order valence-electron chi connectivity index (χ3n) is 3.49. The normalized spacial score (nSPS) is 12.9. The van der Waals surface area contributed by atoms with Gasteiger partial charge in [0.1, 0.15) is 23.2 Å². The van der Waals surface area contributed by atoms with E-state index in [0.717, 1.165) is 18.2 Å². The van der Waals surface area contributed by atoms with E-state index in [1.165, 1.54) is 7.11 Å². The molecule has 132 valence electrons. The van der Waals surface area contributed by atoms with Gasteiger partial charge in [0, 0.05) is 0 Å². The Kier molecular flexibility index (Phi) is 7.29. The molecule has 1 amide bonds. The molecule has 0 aliphatic rings. The van der Waals surface area contributed by atoms with Crippen LogP contribution in [0.1, 0.15) is 30.6 Å². The Morgan fingerprint density at radius 1 is 1.21 bits per heavy atom. The monoisotopic (exact) mass is 343 g/mol. The minimum atomic E-state index is -1.31. The second-order valence-electron chi connectivity index (χ2n) is 5.13. The fourth-order valence-electron chi connectivity index (χ4n) is 1.91. The lowest BCUT2D eigenvalue weighted by atomic mass is 9.99. The third kappa shape index (κ3) is 5.00. The molecule has 0 aliphatic heterocycles. The van der Waals surface area contributed by atoms with Crippen LogP contribution in [0.15, 0.2) is 18.2 Å². The van der Waals surface area contributed by atoms with E-state index in [1.54, 1.807) is 6.92 Å². The van der Waals surface area contributed by atoms with Gasteiger partial charge in [-0.25, -0.2) is 18.4 Å². The summed E-state index contributed by atoms with van der Waals surface area (Å²) in [7, 11) is 1.19. The van der Waals surface area contributed by atoms with Crippen molar-refractivity contribution in [1.82, 2.24) is 5.32 Å². The number of carbonyl (C=O) groups is 3. The van der Waals surface area contributed by atoms with Crippen molar-refractivity contribution in [2.45, 2.75) is 26.3 Å². The van der Waals surface area contributed by atoms with Crippen molar-refractivity contribution in [3.8, 4) is 0 Å². The van der Waals surface area contributed by atoms with Gasteiger partial charge in [-0.1, -0.05) is 26.3 Å². The predicted octanol–water partition coefficient (Wildman–Crippen LogP) is 1.83. The lowest BCUT2D eigenvalue weighted by Crippen LogP contribution is -2.47. The Bertz CT molecular complexity index is 600. The number of carbonyl (C=O) groups excluding carboxylic acids is 3. The summed E-state index contributed by atoms with van der Waals surface area (Å²) in [5.74, 6) is -5.11. The molecule has 1 aromatic carbocycles. The number of benzene rings is 1. The number of amides is 1. The molecule has 0 aliphatic carbocycles. The predicted molar refractivity (Wildman–Crippen MR) is 80.0 cm³/mol. The van der Waals surface area contributed by atoms with E-state index in [9.17, 15) is 23.2 Å². The van der Waals surface area contributed by atoms with Gasteiger partial charge < -0.3 is 14.8 Å². The fraction of sp³-hybridized carbons (Fsp3) is 0.438. The summed E-state index contributed by atoms with van der Waals surface area (Å²) in [5.41, 5.74) is -0.878. The first-order valence-corrected chi connectivity index (χ1v) is 7.30. The maximum atomic E-state index is 13.4. The molecule has 8 heteroatoms. The molecule has 0 saturated carbocycles. The van der Waals surface area contributed by atoms with Gasteiger partial charge in [-0.3, -0.25) is 4.79 Å². The highest BCUT2D eigenvalue weighted by molar-refractivity contribution is 5.92. The zero-order valence-corrected chi connectivity index (χ0v) is 13.6. The molecule has 1 aromatic rings. The second kappa shape index (κ2) is 8.95. The van der Waals surface area contributed by atoms with Gasteiger partial charge in [0.25, 0.3) is 5.91 Å². The van der Waals surface area contributed by atoms with Gasteiger partial charge in [-0.2, -0.15) is 0 Å². The maximum absolute atomic E-state index is 13.4. The van der Waals surface area contributed by atoms with Gasteiger partial charge >= 0.3 is 11.9 Å². The van der Waals surface area contributed by atoms with Crippen molar-refractivity contribution in [2.24, 2.45) is 5.92 Å². The number of methoxy groups -OCH3 is 1. The summed E-state index contributed by atoms with van der Waals surface area (Å²) in [5, 5.41) is 2.38. The van der Waals surface area contributed by atoms with Gasteiger partial charge in [0.2, 0.25) is 0 Å². The maximum Gasteiger partial charge on any atom is 0.344 e. The van der Waals surface area contributed by atoms with Crippen molar-refractivity contribution in [3.63, 3.8) is 0 Å². The molecular formula is C16H19F2NO5. The molecule has 6 nitrogen and oxygen atoms in total. The van der Waals surface area contributed by atoms with Gasteiger partial charge in [-0.15, -0.1) is 0 Å². The highest BCUT2D eigenvalue weighted by atomic mass is 19.1. The van der Waals surface area contributed by atoms with Crippen LogP contribution < -0.4 is 5.32 Å². The minimum absolute atomic E-state index is 0.207.